The Bertz CT molecular complexity index is 1000. The zero-order chi connectivity index (χ0) is 19.0. The lowest BCUT2D eigenvalue weighted by Gasteiger charge is -2.15. The van der Waals surface area contributed by atoms with Gasteiger partial charge < -0.3 is 4.74 Å². The summed E-state index contributed by atoms with van der Waals surface area (Å²) in [6, 6.07) is 2.05. The Kier molecular flexibility index (Phi) is 4.64. The predicted molar refractivity (Wildman–Crippen MR) is 104 cm³/mol. The second-order valence-electron chi connectivity index (χ2n) is 7.13. The molecular formula is C21H24N4O2. The van der Waals surface area contributed by atoms with Gasteiger partial charge in [0.2, 0.25) is 0 Å². The fraction of sp³-hybridized carbons (Fsp3) is 0.429. The van der Waals surface area contributed by atoms with Crippen molar-refractivity contribution in [3.8, 4) is 11.1 Å². The third-order valence-corrected chi connectivity index (χ3v) is 4.98. The van der Waals surface area contributed by atoms with E-state index in [-0.39, 0.29) is 5.97 Å². The number of aromatic nitrogens is 4. The SMILES string of the molecule is CCOC(=O)c1c(CC2CC2)nc2c(cnn2CC)c1-c1cncc(C)c1. The van der Waals surface area contributed by atoms with Crippen LogP contribution >= 0.6 is 0 Å². The minimum atomic E-state index is -0.316. The highest BCUT2D eigenvalue weighted by atomic mass is 16.5. The zero-order valence-electron chi connectivity index (χ0n) is 16.0. The van der Waals surface area contributed by atoms with E-state index in [0.717, 1.165) is 46.4 Å². The molecule has 4 rings (SSSR count). The predicted octanol–water partition coefficient (Wildman–Crippen LogP) is 3.95. The first-order valence-electron chi connectivity index (χ1n) is 9.59. The van der Waals surface area contributed by atoms with Gasteiger partial charge in [-0.3, -0.25) is 4.98 Å². The van der Waals surface area contributed by atoms with E-state index in [0.29, 0.717) is 18.1 Å². The average molecular weight is 364 g/mol. The van der Waals surface area contributed by atoms with E-state index in [4.69, 9.17) is 9.72 Å². The molecular weight excluding hydrogens is 340 g/mol. The molecule has 0 radical (unpaired) electrons. The largest absolute Gasteiger partial charge is 0.462 e. The van der Waals surface area contributed by atoms with Crippen LogP contribution in [-0.4, -0.2) is 32.3 Å². The second-order valence-corrected chi connectivity index (χ2v) is 7.13. The summed E-state index contributed by atoms with van der Waals surface area (Å²) in [5, 5.41) is 5.35. The number of ether oxygens (including phenoxy) is 1. The van der Waals surface area contributed by atoms with Gasteiger partial charge in [0, 0.05) is 35.5 Å². The summed E-state index contributed by atoms with van der Waals surface area (Å²) >= 11 is 0. The molecule has 1 aliphatic rings. The average Bonchev–Trinajstić information content (AvgIpc) is 3.37. The van der Waals surface area contributed by atoms with Gasteiger partial charge in [-0.05, 0) is 57.6 Å². The number of esters is 1. The molecule has 3 heterocycles. The quantitative estimate of drug-likeness (QED) is 0.619. The van der Waals surface area contributed by atoms with Crippen LogP contribution in [0.5, 0.6) is 0 Å². The first-order chi connectivity index (χ1) is 13.1. The molecule has 6 nitrogen and oxygen atoms in total. The van der Waals surface area contributed by atoms with Crippen LogP contribution in [0.1, 0.15) is 48.3 Å². The van der Waals surface area contributed by atoms with E-state index in [1.807, 2.05) is 31.6 Å². The van der Waals surface area contributed by atoms with E-state index in [9.17, 15) is 4.79 Å². The molecule has 6 heteroatoms. The summed E-state index contributed by atoms with van der Waals surface area (Å²) in [6.07, 6.45) is 8.59. The van der Waals surface area contributed by atoms with Crippen molar-refractivity contribution in [1.29, 1.82) is 0 Å². The highest BCUT2D eigenvalue weighted by Crippen LogP contribution is 2.38. The zero-order valence-corrected chi connectivity index (χ0v) is 16.0. The number of hydrogen-bond acceptors (Lipinski definition) is 5. The topological polar surface area (TPSA) is 69.9 Å². The molecule has 0 amide bonds. The first-order valence-corrected chi connectivity index (χ1v) is 9.59. The number of pyridine rings is 2. The van der Waals surface area contributed by atoms with E-state index < -0.39 is 0 Å². The molecule has 1 saturated carbocycles. The number of carbonyl (C=O) groups is 1. The normalized spacial score (nSPS) is 13.9. The first kappa shape index (κ1) is 17.6. The Balaban J connectivity index is 2.04. The number of nitrogens with zero attached hydrogens (tertiary/aromatic N) is 4. The van der Waals surface area contributed by atoms with Crippen molar-refractivity contribution in [2.45, 2.75) is 46.6 Å². The lowest BCUT2D eigenvalue weighted by molar-refractivity contribution is 0.0525. The maximum atomic E-state index is 13.0. The van der Waals surface area contributed by atoms with Crippen molar-refractivity contribution in [1.82, 2.24) is 19.7 Å². The van der Waals surface area contributed by atoms with E-state index in [1.54, 1.807) is 12.4 Å². The van der Waals surface area contributed by atoms with Crippen molar-refractivity contribution in [3.05, 3.63) is 41.5 Å². The summed E-state index contributed by atoms with van der Waals surface area (Å²) in [6.45, 7) is 6.93. The summed E-state index contributed by atoms with van der Waals surface area (Å²) in [4.78, 5) is 22.2. The third kappa shape index (κ3) is 3.31. The van der Waals surface area contributed by atoms with Gasteiger partial charge in [0.15, 0.2) is 5.65 Å². The van der Waals surface area contributed by atoms with Gasteiger partial charge in [0.05, 0.1) is 24.1 Å². The molecule has 0 spiro atoms. The van der Waals surface area contributed by atoms with Gasteiger partial charge in [0.1, 0.15) is 0 Å². The minimum Gasteiger partial charge on any atom is -0.462 e. The van der Waals surface area contributed by atoms with Crippen LogP contribution in [0.3, 0.4) is 0 Å². The summed E-state index contributed by atoms with van der Waals surface area (Å²) in [5.74, 6) is 0.285. The van der Waals surface area contributed by atoms with Crippen molar-refractivity contribution < 1.29 is 9.53 Å². The maximum Gasteiger partial charge on any atom is 0.340 e. The number of carbonyl (C=O) groups excluding carboxylic acids is 1. The summed E-state index contributed by atoms with van der Waals surface area (Å²) < 4.78 is 7.30. The number of aryl methyl sites for hydroxylation is 2. The van der Waals surface area contributed by atoms with Crippen LogP contribution in [0.25, 0.3) is 22.2 Å². The standard InChI is InChI=1S/C21H24N4O2/c1-4-25-20-16(12-23-25)18(15-8-13(3)10-22-11-15)19(21(26)27-5-2)17(24-20)9-14-6-7-14/h8,10-12,14H,4-7,9H2,1-3H3. The summed E-state index contributed by atoms with van der Waals surface area (Å²) in [5.41, 5.74) is 4.98. The molecule has 27 heavy (non-hydrogen) atoms. The van der Waals surface area contributed by atoms with Crippen molar-refractivity contribution >= 4 is 17.0 Å². The highest BCUT2D eigenvalue weighted by molar-refractivity contribution is 6.07. The van der Waals surface area contributed by atoms with E-state index in [2.05, 4.69) is 16.1 Å². The number of rotatable bonds is 6. The van der Waals surface area contributed by atoms with E-state index in [1.165, 1.54) is 12.8 Å². The Morgan fingerprint density at radius 3 is 2.74 bits per heavy atom. The molecule has 3 aromatic heterocycles. The lowest BCUT2D eigenvalue weighted by Crippen LogP contribution is -2.14. The molecule has 0 saturated heterocycles. The van der Waals surface area contributed by atoms with Crippen LogP contribution in [0.4, 0.5) is 0 Å². The van der Waals surface area contributed by atoms with Crippen LogP contribution in [0, 0.1) is 12.8 Å². The number of fused-ring (bicyclic) bond motifs is 1. The van der Waals surface area contributed by atoms with Gasteiger partial charge in [-0.25, -0.2) is 14.5 Å². The van der Waals surface area contributed by atoms with Crippen LogP contribution in [0.2, 0.25) is 0 Å². The highest BCUT2D eigenvalue weighted by Gasteiger charge is 2.30. The molecule has 0 aromatic carbocycles. The minimum absolute atomic E-state index is 0.316. The van der Waals surface area contributed by atoms with Crippen molar-refractivity contribution in [2.24, 2.45) is 5.92 Å². The van der Waals surface area contributed by atoms with Crippen LogP contribution in [0.15, 0.2) is 24.7 Å². The van der Waals surface area contributed by atoms with Gasteiger partial charge in [-0.2, -0.15) is 5.10 Å². The third-order valence-electron chi connectivity index (χ3n) is 4.98. The lowest BCUT2D eigenvalue weighted by atomic mass is 9.94. The maximum absolute atomic E-state index is 13.0. The Morgan fingerprint density at radius 1 is 1.26 bits per heavy atom. The molecule has 140 valence electrons. The Morgan fingerprint density at radius 2 is 2.07 bits per heavy atom. The smallest absolute Gasteiger partial charge is 0.340 e. The van der Waals surface area contributed by atoms with Gasteiger partial charge in [0.25, 0.3) is 0 Å². The molecule has 0 unspecified atom stereocenters. The number of hydrogen-bond donors (Lipinski definition) is 0. The van der Waals surface area contributed by atoms with Crippen molar-refractivity contribution in [3.63, 3.8) is 0 Å². The summed E-state index contributed by atoms with van der Waals surface area (Å²) in [7, 11) is 0. The van der Waals surface area contributed by atoms with Gasteiger partial charge in [-0.15, -0.1) is 0 Å². The molecule has 0 atom stereocenters. The molecule has 3 aromatic rings. The van der Waals surface area contributed by atoms with Crippen molar-refractivity contribution in [2.75, 3.05) is 6.61 Å². The molecule has 0 bridgehead atoms. The van der Waals surface area contributed by atoms with E-state index >= 15 is 0 Å². The molecule has 0 aliphatic heterocycles. The molecule has 0 N–H and O–H groups in total. The Hall–Kier alpha value is -2.76. The fourth-order valence-electron chi connectivity index (χ4n) is 3.53. The van der Waals surface area contributed by atoms with Gasteiger partial charge in [-0.1, -0.05) is 0 Å². The second kappa shape index (κ2) is 7.10. The fourth-order valence-corrected chi connectivity index (χ4v) is 3.53. The monoisotopic (exact) mass is 364 g/mol. The molecule has 1 aliphatic carbocycles. The molecule has 1 fully saturated rings. The van der Waals surface area contributed by atoms with Gasteiger partial charge >= 0.3 is 5.97 Å². The Labute approximate surface area is 158 Å². The van der Waals surface area contributed by atoms with Crippen LogP contribution < -0.4 is 0 Å². The van der Waals surface area contributed by atoms with Crippen LogP contribution in [-0.2, 0) is 17.7 Å².